The second kappa shape index (κ2) is 9.61. The number of amides is 1. The normalized spacial score (nSPS) is 14.2. The van der Waals surface area contributed by atoms with E-state index in [1.165, 1.54) is 6.08 Å². The Morgan fingerprint density at radius 1 is 1.17 bits per heavy atom. The van der Waals surface area contributed by atoms with Gasteiger partial charge in [-0.15, -0.1) is 0 Å². The van der Waals surface area contributed by atoms with Gasteiger partial charge in [-0.25, -0.2) is 23.2 Å². The molecule has 1 aromatic heterocycles. The number of carbonyl (C=O) groups is 1. The van der Waals surface area contributed by atoms with E-state index >= 15 is 0 Å². The highest BCUT2D eigenvalue weighted by Crippen LogP contribution is 2.19. The van der Waals surface area contributed by atoms with E-state index in [4.69, 9.17) is 10.9 Å². The summed E-state index contributed by atoms with van der Waals surface area (Å²) in [4.78, 5) is 15.6. The summed E-state index contributed by atoms with van der Waals surface area (Å²) in [5.41, 5.74) is 6.94. The van der Waals surface area contributed by atoms with Crippen molar-refractivity contribution >= 4 is 21.6 Å². The van der Waals surface area contributed by atoms with E-state index in [2.05, 4.69) is 15.4 Å². The predicted octanol–water partition coefficient (Wildman–Crippen LogP) is 0.807. The van der Waals surface area contributed by atoms with E-state index in [9.17, 15) is 13.2 Å². The minimum absolute atomic E-state index is 0.0551. The molecule has 3 rings (SSSR count). The molecule has 158 valence electrons. The van der Waals surface area contributed by atoms with Crippen molar-refractivity contribution in [1.29, 1.82) is 0 Å². The summed E-state index contributed by atoms with van der Waals surface area (Å²) in [5.74, 6) is 0.885. The number of primary sulfonamides is 1. The van der Waals surface area contributed by atoms with Crippen molar-refractivity contribution in [2.75, 3.05) is 6.54 Å². The van der Waals surface area contributed by atoms with Crippen LogP contribution in [0.1, 0.15) is 30.1 Å². The van der Waals surface area contributed by atoms with Crippen LogP contribution in [0, 0.1) is 0 Å². The molecule has 0 atom stereocenters. The van der Waals surface area contributed by atoms with Gasteiger partial charge < -0.3 is 11.1 Å². The van der Waals surface area contributed by atoms with Gasteiger partial charge in [-0.05, 0) is 24.1 Å². The first-order chi connectivity index (χ1) is 14.3. The number of sulfonamides is 1. The maximum atomic E-state index is 11.6. The zero-order valence-corrected chi connectivity index (χ0v) is 17.2. The lowest BCUT2D eigenvalue weighted by molar-refractivity contribution is -0.117. The first kappa shape index (κ1) is 21.6. The van der Waals surface area contributed by atoms with Crippen LogP contribution in [-0.4, -0.2) is 35.6 Å². The molecule has 0 fully saturated rings. The Hall–Kier alpha value is -3.08. The van der Waals surface area contributed by atoms with Crippen LogP contribution in [0.25, 0.3) is 5.70 Å². The summed E-state index contributed by atoms with van der Waals surface area (Å²) < 4.78 is 24.9. The molecular weight excluding hydrogens is 404 g/mol. The first-order valence-electron chi connectivity index (χ1n) is 9.42. The molecule has 10 heteroatoms. The van der Waals surface area contributed by atoms with Crippen LogP contribution < -0.4 is 16.2 Å². The van der Waals surface area contributed by atoms with Crippen molar-refractivity contribution in [2.24, 2.45) is 10.9 Å². The lowest BCUT2D eigenvalue weighted by Crippen LogP contribution is -2.23. The summed E-state index contributed by atoms with van der Waals surface area (Å²) in [6.07, 6.45) is 7.66. The highest BCUT2D eigenvalue weighted by atomic mass is 32.2. The van der Waals surface area contributed by atoms with Gasteiger partial charge in [0, 0.05) is 19.4 Å². The largest absolute Gasteiger partial charge is 0.370 e. The number of aromatic nitrogens is 3. The molecule has 0 saturated carbocycles. The molecule has 0 unspecified atom stereocenters. The third-order valence-corrected chi connectivity index (χ3v) is 5.35. The number of allylic oxidation sites excluding steroid dienone is 5. The number of primary amides is 1. The number of benzene rings is 1. The summed E-state index contributed by atoms with van der Waals surface area (Å²) in [5, 5.41) is 13.0. The van der Waals surface area contributed by atoms with Gasteiger partial charge in [0.25, 0.3) is 0 Å². The SMILES string of the molecule is NC(=O)CCNCc1nc(Cc2ccccc2)nn1C1=CCC=C(S(N)(=O)=O)C=C1. The Morgan fingerprint density at radius 3 is 2.63 bits per heavy atom. The molecule has 1 amide bonds. The highest BCUT2D eigenvalue weighted by molar-refractivity contribution is 7.93. The smallest absolute Gasteiger partial charge is 0.237 e. The average molecular weight is 429 g/mol. The summed E-state index contributed by atoms with van der Waals surface area (Å²) in [6, 6.07) is 9.85. The second-order valence-electron chi connectivity index (χ2n) is 6.76. The Labute approximate surface area is 175 Å². The van der Waals surface area contributed by atoms with Gasteiger partial charge in [0.05, 0.1) is 17.1 Å². The number of nitrogens with one attached hydrogen (secondary N) is 1. The lowest BCUT2D eigenvalue weighted by atomic mass is 10.1. The molecule has 1 aromatic carbocycles. The van der Waals surface area contributed by atoms with Crippen molar-refractivity contribution < 1.29 is 13.2 Å². The zero-order chi connectivity index (χ0) is 21.6. The van der Waals surface area contributed by atoms with E-state index in [0.29, 0.717) is 43.3 Å². The van der Waals surface area contributed by atoms with Crippen molar-refractivity contribution in [2.45, 2.75) is 25.8 Å². The molecule has 0 saturated heterocycles. The maximum Gasteiger partial charge on any atom is 0.237 e. The van der Waals surface area contributed by atoms with Crippen molar-refractivity contribution in [3.05, 3.63) is 76.8 Å². The van der Waals surface area contributed by atoms with Crippen LogP contribution in [0.2, 0.25) is 0 Å². The van der Waals surface area contributed by atoms with Crippen molar-refractivity contribution in [1.82, 2.24) is 20.1 Å². The van der Waals surface area contributed by atoms with E-state index in [0.717, 1.165) is 5.56 Å². The number of hydrogen-bond acceptors (Lipinski definition) is 6. The summed E-state index contributed by atoms with van der Waals surface area (Å²) in [6.45, 7) is 0.790. The monoisotopic (exact) mass is 428 g/mol. The quantitative estimate of drug-likeness (QED) is 0.504. The summed E-state index contributed by atoms with van der Waals surface area (Å²) in [7, 11) is -3.79. The molecule has 0 aliphatic heterocycles. The third-order valence-electron chi connectivity index (χ3n) is 4.39. The van der Waals surface area contributed by atoms with Gasteiger partial charge in [-0.1, -0.05) is 42.5 Å². The van der Waals surface area contributed by atoms with Gasteiger partial charge in [-0.3, -0.25) is 4.79 Å². The molecule has 5 N–H and O–H groups in total. The molecular formula is C20H24N6O3S. The number of nitrogens with two attached hydrogens (primary N) is 2. The fourth-order valence-electron chi connectivity index (χ4n) is 2.95. The van der Waals surface area contributed by atoms with Gasteiger partial charge in [0.2, 0.25) is 15.9 Å². The fourth-order valence-corrected chi connectivity index (χ4v) is 3.53. The molecule has 1 aliphatic rings. The molecule has 1 aliphatic carbocycles. The number of hydrogen-bond donors (Lipinski definition) is 3. The van der Waals surface area contributed by atoms with Crippen LogP contribution in [0.4, 0.5) is 0 Å². The average Bonchev–Trinajstić information content (AvgIpc) is 2.91. The minimum atomic E-state index is -3.79. The van der Waals surface area contributed by atoms with E-state index < -0.39 is 10.0 Å². The standard InChI is InChI=1S/C20H24N6O3S/c21-18(27)11-12-23-14-20-24-19(13-15-5-2-1-3-6-15)25-26(20)16-7-4-8-17(10-9-16)30(22,28)29/h1-3,5-10,23H,4,11-14H2,(H2,21,27)(H2,22,28,29). The van der Waals surface area contributed by atoms with Crippen LogP contribution >= 0.6 is 0 Å². The van der Waals surface area contributed by atoms with Crippen LogP contribution in [0.3, 0.4) is 0 Å². The van der Waals surface area contributed by atoms with Crippen molar-refractivity contribution in [3.8, 4) is 0 Å². The highest BCUT2D eigenvalue weighted by Gasteiger charge is 2.15. The van der Waals surface area contributed by atoms with Gasteiger partial charge in [0.1, 0.15) is 5.82 Å². The fraction of sp³-hybridized carbons (Fsp3) is 0.250. The molecule has 30 heavy (non-hydrogen) atoms. The van der Waals surface area contributed by atoms with E-state index in [1.54, 1.807) is 16.8 Å². The van der Waals surface area contributed by atoms with E-state index in [-0.39, 0.29) is 17.2 Å². The van der Waals surface area contributed by atoms with Gasteiger partial charge >= 0.3 is 0 Å². The van der Waals surface area contributed by atoms with Crippen molar-refractivity contribution in [3.63, 3.8) is 0 Å². The number of carbonyl (C=O) groups excluding carboxylic acids is 1. The summed E-state index contributed by atoms with van der Waals surface area (Å²) >= 11 is 0. The molecule has 0 spiro atoms. The Kier molecular flexibility index (Phi) is 6.93. The molecule has 0 bridgehead atoms. The number of nitrogens with zero attached hydrogens (tertiary/aromatic N) is 3. The molecule has 2 aromatic rings. The predicted molar refractivity (Wildman–Crippen MR) is 114 cm³/mol. The lowest BCUT2D eigenvalue weighted by Gasteiger charge is -2.07. The molecule has 0 radical (unpaired) electrons. The van der Waals surface area contributed by atoms with Gasteiger partial charge in [0.15, 0.2) is 5.82 Å². The van der Waals surface area contributed by atoms with Crippen LogP contribution in [0.5, 0.6) is 0 Å². The Bertz CT molecular complexity index is 1100. The number of rotatable bonds is 9. The first-order valence-corrected chi connectivity index (χ1v) is 11.0. The maximum absolute atomic E-state index is 11.6. The van der Waals surface area contributed by atoms with E-state index in [1.807, 2.05) is 36.4 Å². The van der Waals surface area contributed by atoms with Gasteiger partial charge in [-0.2, -0.15) is 5.10 Å². The zero-order valence-electron chi connectivity index (χ0n) is 16.4. The topological polar surface area (TPSA) is 146 Å². The Morgan fingerprint density at radius 2 is 1.93 bits per heavy atom. The minimum Gasteiger partial charge on any atom is -0.370 e. The molecule has 1 heterocycles. The van der Waals surface area contributed by atoms with Crippen LogP contribution in [0.15, 0.2) is 59.5 Å². The van der Waals surface area contributed by atoms with Crippen LogP contribution in [-0.2, 0) is 27.8 Å². The Balaban J connectivity index is 1.85. The third kappa shape index (κ3) is 5.96. The second-order valence-corrected chi connectivity index (χ2v) is 8.32. The molecule has 9 nitrogen and oxygen atoms in total.